The standard InChI is InChI=1S/C12H12INO3/c1-8(13)10(12(16)17-2)14-11(15)9-6-4-3-5-7-9/h3-7H,1-2H3,(H,14,15)/b10-8-. The van der Waals surface area contributed by atoms with E-state index < -0.39 is 5.97 Å². The zero-order valence-electron chi connectivity index (χ0n) is 9.49. The van der Waals surface area contributed by atoms with Gasteiger partial charge in [0.25, 0.3) is 5.91 Å². The first-order chi connectivity index (χ1) is 8.06. The third-order valence-corrected chi connectivity index (χ3v) is 2.55. The zero-order valence-corrected chi connectivity index (χ0v) is 11.6. The van der Waals surface area contributed by atoms with E-state index in [4.69, 9.17) is 0 Å². The Balaban J connectivity index is 2.87. The molecule has 0 saturated carbocycles. The van der Waals surface area contributed by atoms with E-state index in [9.17, 15) is 9.59 Å². The smallest absolute Gasteiger partial charge is 0.355 e. The first-order valence-electron chi connectivity index (χ1n) is 4.87. The molecule has 0 spiro atoms. The fraction of sp³-hybridized carbons (Fsp3) is 0.167. The number of carbonyl (C=O) groups is 2. The second-order valence-electron chi connectivity index (χ2n) is 3.22. The van der Waals surface area contributed by atoms with E-state index in [1.807, 2.05) is 28.7 Å². The summed E-state index contributed by atoms with van der Waals surface area (Å²) in [7, 11) is 1.27. The Morgan fingerprint density at radius 1 is 1.24 bits per heavy atom. The highest BCUT2D eigenvalue weighted by Gasteiger charge is 2.16. The summed E-state index contributed by atoms with van der Waals surface area (Å²) in [6.07, 6.45) is 0. The fourth-order valence-corrected chi connectivity index (χ4v) is 1.51. The van der Waals surface area contributed by atoms with Crippen LogP contribution >= 0.6 is 22.6 Å². The molecule has 0 atom stereocenters. The second kappa shape index (κ2) is 6.39. The van der Waals surface area contributed by atoms with Gasteiger partial charge in [-0.3, -0.25) is 4.79 Å². The molecule has 0 aliphatic rings. The number of rotatable bonds is 3. The lowest BCUT2D eigenvalue weighted by atomic mass is 10.2. The summed E-state index contributed by atoms with van der Waals surface area (Å²) in [5, 5.41) is 2.54. The Hall–Kier alpha value is -1.37. The Kier molecular flexibility index (Phi) is 5.14. The van der Waals surface area contributed by atoms with Crippen molar-refractivity contribution in [3.05, 3.63) is 45.2 Å². The number of methoxy groups -OCH3 is 1. The van der Waals surface area contributed by atoms with Crippen LogP contribution in [0.25, 0.3) is 0 Å². The molecule has 90 valence electrons. The van der Waals surface area contributed by atoms with Gasteiger partial charge in [-0.1, -0.05) is 18.2 Å². The van der Waals surface area contributed by atoms with Gasteiger partial charge in [0.15, 0.2) is 0 Å². The number of hydrogen-bond donors (Lipinski definition) is 1. The molecule has 0 fully saturated rings. The Morgan fingerprint density at radius 3 is 2.29 bits per heavy atom. The van der Waals surface area contributed by atoms with Crippen LogP contribution in [0.5, 0.6) is 0 Å². The lowest BCUT2D eigenvalue weighted by Gasteiger charge is -2.08. The Bertz CT molecular complexity index is 450. The van der Waals surface area contributed by atoms with Gasteiger partial charge in [-0.2, -0.15) is 0 Å². The maximum absolute atomic E-state index is 11.8. The van der Waals surface area contributed by atoms with E-state index in [0.717, 1.165) is 0 Å². The van der Waals surface area contributed by atoms with Crippen LogP contribution in [0.3, 0.4) is 0 Å². The van der Waals surface area contributed by atoms with Crippen LogP contribution in [-0.2, 0) is 9.53 Å². The number of esters is 1. The molecule has 4 nitrogen and oxygen atoms in total. The number of carbonyl (C=O) groups excluding carboxylic acids is 2. The Morgan fingerprint density at radius 2 is 1.82 bits per heavy atom. The molecule has 17 heavy (non-hydrogen) atoms. The molecular weight excluding hydrogens is 333 g/mol. The maximum atomic E-state index is 11.8. The van der Waals surface area contributed by atoms with E-state index in [-0.39, 0.29) is 11.6 Å². The molecule has 0 heterocycles. The van der Waals surface area contributed by atoms with Crippen molar-refractivity contribution >= 4 is 34.5 Å². The highest BCUT2D eigenvalue weighted by atomic mass is 127. The van der Waals surface area contributed by atoms with Crippen LogP contribution in [-0.4, -0.2) is 19.0 Å². The van der Waals surface area contributed by atoms with Crippen molar-refractivity contribution in [2.75, 3.05) is 7.11 Å². The predicted octanol–water partition coefficient (Wildman–Crippen LogP) is 2.26. The molecule has 1 aromatic rings. The molecule has 5 heteroatoms. The van der Waals surface area contributed by atoms with Crippen LogP contribution in [0.4, 0.5) is 0 Å². The lowest BCUT2D eigenvalue weighted by molar-refractivity contribution is -0.136. The molecule has 1 N–H and O–H groups in total. The first-order valence-corrected chi connectivity index (χ1v) is 5.95. The summed E-state index contributed by atoms with van der Waals surface area (Å²) in [6.45, 7) is 1.72. The van der Waals surface area contributed by atoms with Gasteiger partial charge in [-0.15, -0.1) is 0 Å². The third kappa shape index (κ3) is 3.85. The number of benzene rings is 1. The molecule has 0 unspecified atom stereocenters. The number of amides is 1. The van der Waals surface area contributed by atoms with Gasteiger partial charge in [-0.25, -0.2) is 4.79 Å². The predicted molar refractivity (Wildman–Crippen MR) is 72.6 cm³/mol. The van der Waals surface area contributed by atoms with Gasteiger partial charge >= 0.3 is 5.97 Å². The summed E-state index contributed by atoms with van der Waals surface area (Å²) in [5.74, 6) is -0.886. The summed E-state index contributed by atoms with van der Waals surface area (Å²) < 4.78 is 5.26. The van der Waals surface area contributed by atoms with Gasteiger partial charge in [0.1, 0.15) is 5.70 Å². The van der Waals surface area contributed by atoms with Crippen molar-refractivity contribution in [3.8, 4) is 0 Å². The van der Waals surface area contributed by atoms with Crippen LogP contribution in [0.2, 0.25) is 0 Å². The third-order valence-electron chi connectivity index (χ3n) is 2.01. The molecule has 0 aromatic heterocycles. The van der Waals surface area contributed by atoms with Crippen molar-refractivity contribution in [2.45, 2.75) is 6.92 Å². The SMILES string of the molecule is COC(=O)/C(NC(=O)c1ccccc1)=C(\C)I. The minimum atomic E-state index is -0.554. The van der Waals surface area contributed by atoms with Crippen molar-refractivity contribution in [3.63, 3.8) is 0 Å². The molecule has 0 aliphatic heterocycles. The minimum Gasteiger partial charge on any atom is -0.464 e. The Labute approximate surface area is 113 Å². The molecule has 0 aliphatic carbocycles. The highest BCUT2D eigenvalue weighted by Crippen LogP contribution is 2.11. The van der Waals surface area contributed by atoms with Crippen LogP contribution in [0.1, 0.15) is 17.3 Å². The average molecular weight is 345 g/mol. The van der Waals surface area contributed by atoms with Crippen molar-refractivity contribution in [2.24, 2.45) is 0 Å². The van der Waals surface area contributed by atoms with Gasteiger partial charge in [0.05, 0.1) is 7.11 Å². The molecule has 1 aromatic carbocycles. The van der Waals surface area contributed by atoms with E-state index in [0.29, 0.717) is 9.14 Å². The quantitative estimate of drug-likeness (QED) is 0.519. The number of hydrogen-bond acceptors (Lipinski definition) is 3. The van der Waals surface area contributed by atoms with E-state index in [1.54, 1.807) is 31.2 Å². The van der Waals surface area contributed by atoms with Crippen molar-refractivity contribution < 1.29 is 14.3 Å². The zero-order chi connectivity index (χ0) is 12.8. The monoisotopic (exact) mass is 345 g/mol. The topological polar surface area (TPSA) is 55.4 Å². The number of allylic oxidation sites excluding steroid dienone is 1. The molecule has 0 saturated heterocycles. The fourth-order valence-electron chi connectivity index (χ4n) is 1.16. The number of ether oxygens (including phenoxy) is 1. The first kappa shape index (κ1) is 13.7. The number of nitrogens with one attached hydrogen (secondary N) is 1. The van der Waals surface area contributed by atoms with E-state index in [2.05, 4.69) is 10.1 Å². The normalized spacial score (nSPS) is 11.5. The van der Waals surface area contributed by atoms with E-state index >= 15 is 0 Å². The molecule has 1 amide bonds. The van der Waals surface area contributed by atoms with E-state index in [1.165, 1.54) is 7.11 Å². The van der Waals surface area contributed by atoms with Gasteiger partial charge < -0.3 is 10.1 Å². The van der Waals surface area contributed by atoms with Crippen LogP contribution in [0, 0.1) is 0 Å². The second-order valence-corrected chi connectivity index (χ2v) is 4.84. The average Bonchev–Trinajstić information content (AvgIpc) is 2.35. The summed E-state index contributed by atoms with van der Waals surface area (Å²) in [5.41, 5.74) is 0.661. The largest absolute Gasteiger partial charge is 0.464 e. The molecule has 0 bridgehead atoms. The molecule has 0 radical (unpaired) electrons. The van der Waals surface area contributed by atoms with Crippen LogP contribution in [0.15, 0.2) is 39.6 Å². The van der Waals surface area contributed by atoms with Crippen molar-refractivity contribution in [1.82, 2.24) is 5.32 Å². The van der Waals surface area contributed by atoms with Crippen LogP contribution < -0.4 is 5.32 Å². The van der Waals surface area contributed by atoms with Gasteiger partial charge in [-0.05, 0) is 41.6 Å². The summed E-state index contributed by atoms with van der Waals surface area (Å²) in [4.78, 5) is 23.2. The lowest BCUT2D eigenvalue weighted by Crippen LogP contribution is -2.28. The molecule has 1 rings (SSSR count). The van der Waals surface area contributed by atoms with Gasteiger partial charge in [0, 0.05) is 9.14 Å². The summed E-state index contributed by atoms with van der Waals surface area (Å²) >= 11 is 1.96. The highest BCUT2D eigenvalue weighted by molar-refractivity contribution is 14.1. The number of halogens is 1. The summed E-state index contributed by atoms with van der Waals surface area (Å²) in [6, 6.07) is 8.68. The molecular formula is C12H12INO3. The van der Waals surface area contributed by atoms with Crippen molar-refractivity contribution in [1.29, 1.82) is 0 Å². The maximum Gasteiger partial charge on any atom is 0.355 e. The minimum absolute atomic E-state index is 0.168. The van der Waals surface area contributed by atoms with Gasteiger partial charge in [0.2, 0.25) is 0 Å².